The molecule has 0 aliphatic carbocycles. The Kier molecular flexibility index (Phi) is 3.73. The second kappa shape index (κ2) is 4.83. The van der Waals surface area contributed by atoms with Crippen molar-refractivity contribution in [2.75, 3.05) is 6.54 Å². The molecule has 0 aliphatic rings. The number of nitrogens with one attached hydrogen (secondary N) is 1. The minimum atomic E-state index is 0.0357. The molecule has 0 spiro atoms. The van der Waals surface area contributed by atoms with Gasteiger partial charge in [-0.3, -0.25) is 0 Å². The highest BCUT2D eigenvalue weighted by atomic mass is 16.3. The number of nitriles is 1. The van der Waals surface area contributed by atoms with E-state index in [9.17, 15) is 0 Å². The molecule has 0 aromatic carbocycles. The van der Waals surface area contributed by atoms with Crippen LogP contribution in [0.4, 0.5) is 0 Å². The molecule has 2 atom stereocenters. The summed E-state index contributed by atoms with van der Waals surface area (Å²) in [6, 6.07) is 6.26. The van der Waals surface area contributed by atoms with Crippen molar-refractivity contribution in [3.63, 3.8) is 0 Å². The Labute approximate surface area is 84.7 Å². The standard InChI is InChI=1S/C11H16N2O/c1-8(6-12)7-13-10(3)11-5-4-9(2)14-11/h4-5,8,10,13H,7H2,1-3H3. The maximum atomic E-state index is 8.61. The topological polar surface area (TPSA) is 49.0 Å². The van der Waals surface area contributed by atoms with Gasteiger partial charge in [0.1, 0.15) is 11.5 Å². The Morgan fingerprint density at radius 1 is 1.50 bits per heavy atom. The lowest BCUT2D eigenvalue weighted by molar-refractivity contribution is 0.408. The van der Waals surface area contributed by atoms with Crippen molar-refractivity contribution in [1.82, 2.24) is 5.32 Å². The van der Waals surface area contributed by atoms with Crippen molar-refractivity contribution >= 4 is 0 Å². The van der Waals surface area contributed by atoms with Crippen LogP contribution in [0.3, 0.4) is 0 Å². The number of aryl methyl sites for hydroxylation is 1. The van der Waals surface area contributed by atoms with Crippen LogP contribution in [-0.4, -0.2) is 6.54 Å². The van der Waals surface area contributed by atoms with E-state index < -0.39 is 0 Å². The van der Waals surface area contributed by atoms with E-state index in [-0.39, 0.29) is 12.0 Å². The van der Waals surface area contributed by atoms with Crippen LogP contribution in [0.1, 0.15) is 31.4 Å². The molecule has 14 heavy (non-hydrogen) atoms. The summed E-state index contributed by atoms with van der Waals surface area (Å²) in [6.45, 7) is 6.54. The first-order chi connectivity index (χ1) is 6.63. The van der Waals surface area contributed by atoms with Gasteiger partial charge in [0.05, 0.1) is 18.0 Å². The van der Waals surface area contributed by atoms with E-state index in [0.717, 1.165) is 11.5 Å². The van der Waals surface area contributed by atoms with Gasteiger partial charge in [-0.15, -0.1) is 0 Å². The van der Waals surface area contributed by atoms with Crippen LogP contribution in [0.15, 0.2) is 16.5 Å². The highest BCUT2D eigenvalue weighted by Crippen LogP contribution is 2.15. The van der Waals surface area contributed by atoms with Gasteiger partial charge >= 0.3 is 0 Å². The van der Waals surface area contributed by atoms with Crippen molar-refractivity contribution in [2.24, 2.45) is 5.92 Å². The molecule has 1 heterocycles. The minimum Gasteiger partial charge on any atom is -0.465 e. The average molecular weight is 192 g/mol. The molecule has 0 fully saturated rings. The molecule has 3 heteroatoms. The maximum absolute atomic E-state index is 8.61. The summed E-state index contributed by atoms with van der Waals surface area (Å²) in [4.78, 5) is 0. The van der Waals surface area contributed by atoms with E-state index in [1.807, 2.05) is 32.9 Å². The first kappa shape index (κ1) is 10.8. The van der Waals surface area contributed by atoms with E-state index >= 15 is 0 Å². The Morgan fingerprint density at radius 3 is 2.71 bits per heavy atom. The highest BCUT2D eigenvalue weighted by Gasteiger charge is 2.09. The molecule has 1 rings (SSSR count). The van der Waals surface area contributed by atoms with Crippen LogP contribution < -0.4 is 5.32 Å². The fourth-order valence-electron chi connectivity index (χ4n) is 1.19. The van der Waals surface area contributed by atoms with Gasteiger partial charge in [-0.1, -0.05) is 0 Å². The van der Waals surface area contributed by atoms with Crippen molar-refractivity contribution in [3.8, 4) is 6.07 Å². The number of hydrogen-bond acceptors (Lipinski definition) is 3. The summed E-state index contributed by atoms with van der Waals surface area (Å²) in [5.41, 5.74) is 0. The van der Waals surface area contributed by atoms with Gasteiger partial charge in [0, 0.05) is 6.54 Å². The third kappa shape index (κ3) is 2.90. The largest absolute Gasteiger partial charge is 0.465 e. The second-order valence-corrected chi connectivity index (χ2v) is 3.61. The number of rotatable bonds is 4. The van der Waals surface area contributed by atoms with Crippen LogP contribution in [-0.2, 0) is 0 Å². The Morgan fingerprint density at radius 2 is 2.21 bits per heavy atom. The summed E-state index contributed by atoms with van der Waals surface area (Å²) in [5, 5.41) is 11.9. The highest BCUT2D eigenvalue weighted by molar-refractivity contribution is 5.08. The van der Waals surface area contributed by atoms with E-state index in [2.05, 4.69) is 11.4 Å². The van der Waals surface area contributed by atoms with E-state index in [0.29, 0.717) is 6.54 Å². The molecule has 0 bridgehead atoms. The molecule has 2 unspecified atom stereocenters. The summed E-state index contributed by atoms with van der Waals surface area (Å²) < 4.78 is 5.47. The van der Waals surface area contributed by atoms with Crippen LogP contribution in [0.2, 0.25) is 0 Å². The molecule has 1 N–H and O–H groups in total. The van der Waals surface area contributed by atoms with Crippen molar-refractivity contribution in [2.45, 2.75) is 26.8 Å². The quantitative estimate of drug-likeness (QED) is 0.796. The molecule has 1 aromatic rings. The maximum Gasteiger partial charge on any atom is 0.120 e. The smallest absolute Gasteiger partial charge is 0.120 e. The van der Waals surface area contributed by atoms with Gasteiger partial charge in [-0.25, -0.2) is 0 Å². The zero-order valence-electron chi connectivity index (χ0n) is 8.87. The molecule has 0 aliphatic heterocycles. The summed E-state index contributed by atoms with van der Waals surface area (Å²) >= 11 is 0. The average Bonchev–Trinajstić information content (AvgIpc) is 2.60. The second-order valence-electron chi connectivity index (χ2n) is 3.61. The fourth-order valence-corrected chi connectivity index (χ4v) is 1.19. The van der Waals surface area contributed by atoms with Crippen molar-refractivity contribution in [3.05, 3.63) is 23.7 Å². The molecule has 0 saturated carbocycles. The molecular weight excluding hydrogens is 176 g/mol. The molecular formula is C11H16N2O. The zero-order valence-corrected chi connectivity index (χ0v) is 8.87. The lowest BCUT2D eigenvalue weighted by Gasteiger charge is -2.11. The predicted octanol–water partition coefficient (Wildman–Crippen LogP) is 2.40. The summed E-state index contributed by atoms with van der Waals surface area (Å²) in [5.74, 6) is 1.88. The predicted molar refractivity (Wildman–Crippen MR) is 54.6 cm³/mol. The van der Waals surface area contributed by atoms with Gasteiger partial charge < -0.3 is 9.73 Å². The van der Waals surface area contributed by atoms with Gasteiger partial charge in [0.15, 0.2) is 0 Å². The monoisotopic (exact) mass is 192 g/mol. The molecule has 3 nitrogen and oxygen atoms in total. The lowest BCUT2D eigenvalue weighted by atomic mass is 10.2. The Hall–Kier alpha value is -1.27. The normalized spacial score (nSPS) is 14.7. The first-order valence-electron chi connectivity index (χ1n) is 4.83. The SMILES string of the molecule is Cc1ccc(C(C)NCC(C)C#N)o1. The lowest BCUT2D eigenvalue weighted by Crippen LogP contribution is -2.23. The van der Waals surface area contributed by atoms with Crippen molar-refractivity contribution in [1.29, 1.82) is 5.26 Å². The Bertz CT molecular complexity index is 324. The number of hydrogen-bond donors (Lipinski definition) is 1. The summed E-state index contributed by atoms with van der Waals surface area (Å²) in [6.07, 6.45) is 0. The van der Waals surface area contributed by atoms with Crippen molar-refractivity contribution < 1.29 is 4.42 Å². The molecule has 0 radical (unpaired) electrons. The third-order valence-corrected chi connectivity index (χ3v) is 2.14. The van der Waals surface area contributed by atoms with Gasteiger partial charge in [0.2, 0.25) is 0 Å². The Balaban J connectivity index is 2.43. The number of furan rings is 1. The zero-order chi connectivity index (χ0) is 10.6. The molecule has 1 aromatic heterocycles. The van der Waals surface area contributed by atoms with E-state index in [4.69, 9.17) is 9.68 Å². The van der Waals surface area contributed by atoms with Crippen LogP contribution in [0.25, 0.3) is 0 Å². The van der Waals surface area contributed by atoms with E-state index in [1.165, 1.54) is 0 Å². The van der Waals surface area contributed by atoms with Gasteiger partial charge in [-0.2, -0.15) is 5.26 Å². The molecule has 0 saturated heterocycles. The first-order valence-corrected chi connectivity index (χ1v) is 4.83. The molecule has 0 amide bonds. The summed E-state index contributed by atoms with van der Waals surface area (Å²) in [7, 11) is 0. The van der Waals surface area contributed by atoms with Crippen LogP contribution in [0, 0.1) is 24.2 Å². The van der Waals surface area contributed by atoms with E-state index in [1.54, 1.807) is 0 Å². The van der Waals surface area contributed by atoms with Gasteiger partial charge in [0.25, 0.3) is 0 Å². The number of nitrogens with zero attached hydrogens (tertiary/aromatic N) is 1. The minimum absolute atomic E-state index is 0.0357. The molecule has 76 valence electrons. The third-order valence-electron chi connectivity index (χ3n) is 2.14. The van der Waals surface area contributed by atoms with Crippen LogP contribution in [0.5, 0.6) is 0 Å². The fraction of sp³-hybridized carbons (Fsp3) is 0.545. The van der Waals surface area contributed by atoms with Crippen LogP contribution >= 0.6 is 0 Å². The van der Waals surface area contributed by atoms with Gasteiger partial charge in [-0.05, 0) is 32.9 Å².